The number of carbonyl (C=O) groups is 4. The fraction of sp³-hybridized carbons (Fsp3) is 0.267. The number of methoxy groups -OCH3 is 3. The van der Waals surface area contributed by atoms with Crippen LogP contribution in [-0.2, 0) is 4.79 Å². The van der Waals surface area contributed by atoms with Gasteiger partial charge < -0.3 is 39.2 Å². The lowest BCUT2D eigenvalue weighted by Gasteiger charge is -2.16. The van der Waals surface area contributed by atoms with Crippen molar-refractivity contribution in [1.29, 1.82) is 0 Å². The lowest BCUT2D eigenvalue weighted by atomic mass is 10.1. The van der Waals surface area contributed by atoms with Crippen LogP contribution in [0.4, 0.5) is 0 Å². The Bertz CT molecular complexity index is 1540. The number of benzene rings is 3. The molecule has 222 valence electrons. The van der Waals surface area contributed by atoms with Gasteiger partial charge in [0.25, 0.3) is 5.91 Å². The standard InChI is InChI=1S/C30H31NO11/c1-14-9-19(11-21(32)24(14)27(33)31-17(4)28(34)35)41-29(36)26-16(3)10-20(13-23(26)40-7)42-30(37)25-15(2)8-18(38-5)12-22(25)39-6/h8-13,17,32H,1-7H3,(H,31,33)(H,34,35). The molecular formula is C30H31NO11. The Labute approximate surface area is 241 Å². The number of esters is 2. The minimum absolute atomic E-state index is 0.0322. The molecule has 0 bridgehead atoms. The van der Waals surface area contributed by atoms with Crippen LogP contribution in [0.3, 0.4) is 0 Å². The molecule has 0 aliphatic heterocycles. The molecule has 0 saturated heterocycles. The van der Waals surface area contributed by atoms with E-state index in [0.29, 0.717) is 16.9 Å². The zero-order valence-electron chi connectivity index (χ0n) is 24.1. The number of carbonyl (C=O) groups excluding carboxylic acids is 3. The zero-order valence-corrected chi connectivity index (χ0v) is 24.1. The zero-order chi connectivity index (χ0) is 31.3. The maximum absolute atomic E-state index is 13.2. The van der Waals surface area contributed by atoms with Crippen molar-refractivity contribution in [2.24, 2.45) is 0 Å². The van der Waals surface area contributed by atoms with E-state index in [4.69, 9.17) is 28.8 Å². The van der Waals surface area contributed by atoms with Crippen molar-refractivity contribution in [1.82, 2.24) is 5.32 Å². The number of hydrogen-bond donors (Lipinski definition) is 3. The van der Waals surface area contributed by atoms with Crippen LogP contribution in [0, 0.1) is 20.8 Å². The molecule has 0 radical (unpaired) electrons. The lowest BCUT2D eigenvalue weighted by molar-refractivity contribution is -0.138. The molecule has 3 rings (SSSR count). The second kappa shape index (κ2) is 12.9. The van der Waals surface area contributed by atoms with Gasteiger partial charge in [0.2, 0.25) is 0 Å². The first-order valence-electron chi connectivity index (χ1n) is 12.5. The van der Waals surface area contributed by atoms with Crippen molar-refractivity contribution in [2.45, 2.75) is 33.7 Å². The van der Waals surface area contributed by atoms with Gasteiger partial charge in [0.1, 0.15) is 51.7 Å². The molecule has 3 aromatic rings. The van der Waals surface area contributed by atoms with Gasteiger partial charge in [-0.15, -0.1) is 0 Å². The van der Waals surface area contributed by atoms with Gasteiger partial charge in [-0.3, -0.25) is 9.59 Å². The molecular weight excluding hydrogens is 550 g/mol. The topological polar surface area (TPSA) is 167 Å². The summed E-state index contributed by atoms with van der Waals surface area (Å²) in [7, 11) is 4.24. The van der Waals surface area contributed by atoms with Gasteiger partial charge in [0.15, 0.2) is 0 Å². The molecule has 1 amide bonds. The third-order valence-corrected chi connectivity index (χ3v) is 6.28. The van der Waals surface area contributed by atoms with Crippen LogP contribution >= 0.6 is 0 Å². The summed E-state index contributed by atoms with van der Waals surface area (Å²) >= 11 is 0. The number of hydrogen-bond acceptors (Lipinski definition) is 10. The number of phenols is 1. The summed E-state index contributed by atoms with van der Waals surface area (Å²) in [6, 6.07) is 7.26. The number of ether oxygens (including phenoxy) is 5. The van der Waals surface area contributed by atoms with Gasteiger partial charge in [-0.05, 0) is 62.6 Å². The molecule has 12 heteroatoms. The van der Waals surface area contributed by atoms with Crippen LogP contribution in [0.2, 0.25) is 0 Å². The summed E-state index contributed by atoms with van der Waals surface area (Å²) in [6.07, 6.45) is 0. The van der Waals surface area contributed by atoms with Gasteiger partial charge in [-0.25, -0.2) is 9.59 Å². The number of phenolic OH excluding ortho intramolecular Hbond substituents is 1. The average Bonchev–Trinajstić information content (AvgIpc) is 2.91. The summed E-state index contributed by atoms with van der Waals surface area (Å²) in [5.41, 5.74) is 1.24. The molecule has 42 heavy (non-hydrogen) atoms. The van der Waals surface area contributed by atoms with Gasteiger partial charge in [0.05, 0.1) is 26.9 Å². The van der Waals surface area contributed by atoms with Crippen molar-refractivity contribution in [3.63, 3.8) is 0 Å². The Morgan fingerprint density at radius 3 is 1.52 bits per heavy atom. The Morgan fingerprint density at radius 2 is 1.10 bits per heavy atom. The maximum atomic E-state index is 13.2. The van der Waals surface area contributed by atoms with Crippen molar-refractivity contribution in [2.75, 3.05) is 21.3 Å². The largest absolute Gasteiger partial charge is 0.507 e. The molecule has 0 spiro atoms. The fourth-order valence-corrected chi connectivity index (χ4v) is 4.20. The molecule has 12 nitrogen and oxygen atoms in total. The van der Waals surface area contributed by atoms with Gasteiger partial charge in [-0.2, -0.15) is 0 Å². The summed E-state index contributed by atoms with van der Waals surface area (Å²) < 4.78 is 27.0. The Hall–Kier alpha value is -5.26. The van der Waals surface area contributed by atoms with Crippen LogP contribution in [0.25, 0.3) is 0 Å². The van der Waals surface area contributed by atoms with Crippen molar-refractivity contribution < 1.29 is 53.1 Å². The molecule has 3 N–H and O–H groups in total. The summed E-state index contributed by atoms with van der Waals surface area (Å²) in [5.74, 6) is -3.24. The third kappa shape index (κ3) is 6.72. The molecule has 1 unspecified atom stereocenters. The molecule has 3 aromatic carbocycles. The van der Waals surface area contributed by atoms with E-state index in [9.17, 15) is 24.3 Å². The first kappa shape index (κ1) is 31.3. The molecule has 0 aliphatic rings. The van der Waals surface area contributed by atoms with E-state index in [1.807, 2.05) is 0 Å². The highest BCUT2D eigenvalue weighted by Gasteiger charge is 2.25. The first-order valence-corrected chi connectivity index (χ1v) is 12.5. The monoisotopic (exact) mass is 581 g/mol. The average molecular weight is 582 g/mol. The Morgan fingerprint density at radius 1 is 0.667 bits per heavy atom. The minimum Gasteiger partial charge on any atom is -0.507 e. The maximum Gasteiger partial charge on any atom is 0.347 e. The number of nitrogens with one attached hydrogen (secondary N) is 1. The number of aryl methyl sites for hydroxylation is 3. The quantitative estimate of drug-likeness (QED) is 0.234. The number of carboxylic acids is 1. The van der Waals surface area contributed by atoms with E-state index < -0.39 is 35.6 Å². The Balaban J connectivity index is 1.86. The smallest absolute Gasteiger partial charge is 0.347 e. The van der Waals surface area contributed by atoms with E-state index in [-0.39, 0.29) is 45.3 Å². The SMILES string of the molecule is COc1cc(C)c(C(=O)Oc2cc(C)c(C(=O)Oc3cc(C)c(C(=O)NC(C)C(=O)O)c(O)c3)c(OC)c2)c(OC)c1. The van der Waals surface area contributed by atoms with E-state index in [1.54, 1.807) is 26.0 Å². The molecule has 1 atom stereocenters. The predicted octanol–water partition coefficient (Wildman–Crippen LogP) is 3.98. The molecule has 0 fully saturated rings. The molecule has 0 heterocycles. The van der Waals surface area contributed by atoms with Crippen LogP contribution < -0.4 is 29.0 Å². The predicted molar refractivity (Wildman–Crippen MR) is 149 cm³/mol. The number of aromatic hydroxyl groups is 1. The minimum atomic E-state index is -1.24. The number of aliphatic carboxylic acids is 1. The van der Waals surface area contributed by atoms with Crippen LogP contribution in [0.1, 0.15) is 54.7 Å². The normalized spacial score (nSPS) is 11.2. The van der Waals surface area contributed by atoms with E-state index in [1.165, 1.54) is 53.4 Å². The molecule has 0 saturated carbocycles. The second-order valence-corrected chi connectivity index (χ2v) is 9.29. The number of amides is 1. The number of rotatable bonds is 10. The molecule has 0 aromatic heterocycles. The highest BCUT2D eigenvalue weighted by atomic mass is 16.5. The van der Waals surface area contributed by atoms with Crippen molar-refractivity contribution in [3.8, 4) is 34.5 Å². The van der Waals surface area contributed by atoms with Crippen LogP contribution in [-0.4, -0.2) is 61.4 Å². The van der Waals surface area contributed by atoms with Crippen LogP contribution in [0.15, 0.2) is 36.4 Å². The number of carboxylic acid groups (broad SMARTS) is 1. The highest BCUT2D eigenvalue weighted by Crippen LogP contribution is 2.34. The fourth-order valence-electron chi connectivity index (χ4n) is 4.20. The van der Waals surface area contributed by atoms with Gasteiger partial charge in [-0.1, -0.05) is 0 Å². The summed E-state index contributed by atoms with van der Waals surface area (Å²) in [4.78, 5) is 49.7. The van der Waals surface area contributed by atoms with Crippen molar-refractivity contribution >= 4 is 23.8 Å². The van der Waals surface area contributed by atoms with E-state index >= 15 is 0 Å². The van der Waals surface area contributed by atoms with E-state index in [0.717, 1.165) is 6.07 Å². The van der Waals surface area contributed by atoms with Crippen LogP contribution in [0.5, 0.6) is 34.5 Å². The second-order valence-electron chi connectivity index (χ2n) is 9.29. The summed E-state index contributed by atoms with van der Waals surface area (Å²) in [5, 5.41) is 21.7. The highest BCUT2D eigenvalue weighted by molar-refractivity contribution is 6.01. The van der Waals surface area contributed by atoms with Gasteiger partial charge in [0, 0.05) is 18.2 Å². The molecule has 0 aliphatic carbocycles. The first-order chi connectivity index (χ1) is 19.8. The Kier molecular flexibility index (Phi) is 9.63. The third-order valence-electron chi connectivity index (χ3n) is 6.28. The van der Waals surface area contributed by atoms with Crippen molar-refractivity contribution in [3.05, 3.63) is 69.8 Å². The van der Waals surface area contributed by atoms with Gasteiger partial charge >= 0.3 is 17.9 Å². The summed E-state index contributed by atoms with van der Waals surface area (Å²) in [6.45, 7) is 6.07. The lowest BCUT2D eigenvalue weighted by Crippen LogP contribution is -2.38. The van der Waals surface area contributed by atoms with E-state index in [2.05, 4.69) is 5.32 Å².